The second kappa shape index (κ2) is 7.00. The highest BCUT2D eigenvalue weighted by Crippen LogP contribution is 2.22. The predicted molar refractivity (Wildman–Crippen MR) is 81.3 cm³/mol. The van der Waals surface area contributed by atoms with Crippen molar-refractivity contribution in [3.05, 3.63) is 24.2 Å². The first kappa shape index (κ1) is 14.5. The maximum atomic E-state index is 5.46. The third kappa shape index (κ3) is 3.41. The van der Waals surface area contributed by atoms with Gasteiger partial charge in [0.25, 0.3) is 0 Å². The number of aromatic nitrogens is 3. The Morgan fingerprint density at radius 1 is 1.38 bits per heavy atom. The molecule has 1 saturated heterocycles. The average molecular weight is 289 g/mol. The largest absolute Gasteiger partial charge is 0.385 e. The van der Waals surface area contributed by atoms with Gasteiger partial charge in [0.05, 0.1) is 0 Å². The van der Waals surface area contributed by atoms with Gasteiger partial charge in [-0.05, 0) is 37.3 Å². The summed E-state index contributed by atoms with van der Waals surface area (Å²) in [5.41, 5.74) is 2.01. The van der Waals surface area contributed by atoms with Gasteiger partial charge in [-0.25, -0.2) is 9.97 Å². The van der Waals surface area contributed by atoms with Crippen molar-refractivity contribution in [3.63, 3.8) is 0 Å². The van der Waals surface area contributed by atoms with Gasteiger partial charge >= 0.3 is 0 Å². The highest BCUT2D eigenvalue weighted by Gasteiger charge is 2.18. The lowest BCUT2D eigenvalue weighted by atomic mass is 10.0. The van der Waals surface area contributed by atoms with E-state index >= 15 is 0 Å². The molecule has 0 aliphatic carbocycles. The molecular formula is C16H23N3O2. The van der Waals surface area contributed by atoms with Gasteiger partial charge in [-0.3, -0.25) is 0 Å². The molecule has 1 fully saturated rings. The van der Waals surface area contributed by atoms with Crippen LogP contribution < -0.4 is 0 Å². The van der Waals surface area contributed by atoms with Gasteiger partial charge in [-0.2, -0.15) is 0 Å². The molecule has 0 radical (unpaired) electrons. The molecule has 5 heteroatoms. The number of methoxy groups -OCH3 is 1. The fourth-order valence-electron chi connectivity index (χ4n) is 2.95. The summed E-state index contributed by atoms with van der Waals surface area (Å²) in [4.78, 5) is 9.30. The summed E-state index contributed by atoms with van der Waals surface area (Å²) in [5, 5.41) is 0. The van der Waals surface area contributed by atoms with Gasteiger partial charge in [0.1, 0.15) is 11.3 Å². The molecule has 0 aromatic carbocycles. The van der Waals surface area contributed by atoms with Crippen LogP contribution in [-0.4, -0.2) is 41.5 Å². The van der Waals surface area contributed by atoms with E-state index in [4.69, 9.17) is 14.5 Å². The molecule has 0 saturated carbocycles. The molecule has 1 aliphatic heterocycles. The molecule has 0 N–H and O–H groups in total. The van der Waals surface area contributed by atoms with Crippen LogP contribution in [0.2, 0.25) is 0 Å². The monoisotopic (exact) mass is 289 g/mol. The summed E-state index contributed by atoms with van der Waals surface area (Å²) in [5.74, 6) is 1.80. The summed E-state index contributed by atoms with van der Waals surface area (Å²) in [6.45, 7) is 3.53. The molecule has 2 aromatic rings. The first-order valence-electron chi connectivity index (χ1n) is 7.75. The molecule has 1 aliphatic rings. The Kier molecular flexibility index (Phi) is 4.83. The lowest BCUT2D eigenvalue weighted by Gasteiger charge is -2.23. The number of hydrogen-bond donors (Lipinski definition) is 0. The first-order chi connectivity index (χ1) is 10.4. The van der Waals surface area contributed by atoms with Crippen LogP contribution in [0, 0.1) is 5.92 Å². The van der Waals surface area contributed by atoms with Crippen molar-refractivity contribution in [2.75, 3.05) is 26.9 Å². The molecule has 3 heterocycles. The van der Waals surface area contributed by atoms with E-state index in [0.29, 0.717) is 5.92 Å². The van der Waals surface area contributed by atoms with E-state index in [-0.39, 0.29) is 0 Å². The molecular weight excluding hydrogens is 266 g/mol. The van der Waals surface area contributed by atoms with Crippen molar-refractivity contribution in [1.29, 1.82) is 0 Å². The standard InChI is InChI=1S/C16H23N3O2/c1-20-9-3-5-15-18-14-4-2-8-17-16(14)19(15)12-13-6-10-21-11-7-13/h2,4,8,13H,3,5-7,9-12H2,1H3. The lowest BCUT2D eigenvalue weighted by Crippen LogP contribution is -2.21. The summed E-state index contributed by atoms with van der Waals surface area (Å²) >= 11 is 0. The molecule has 5 nitrogen and oxygen atoms in total. The molecule has 0 bridgehead atoms. The van der Waals surface area contributed by atoms with E-state index in [0.717, 1.165) is 69.0 Å². The van der Waals surface area contributed by atoms with Crippen molar-refractivity contribution in [1.82, 2.24) is 14.5 Å². The van der Waals surface area contributed by atoms with Gasteiger partial charge in [-0.1, -0.05) is 0 Å². The van der Waals surface area contributed by atoms with E-state index in [1.807, 2.05) is 18.3 Å². The van der Waals surface area contributed by atoms with Crippen LogP contribution in [-0.2, 0) is 22.4 Å². The second-order valence-corrected chi connectivity index (χ2v) is 5.64. The average Bonchev–Trinajstić information content (AvgIpc) is 2.87. The highest BCUT2D eigenvalue weighted by atomic mass is 16.5. The van der Waals surface area contributed by atoms with E-state index in [1.165, 1.54) is 0 Å². The van der Waals surface area contributed by atoms with Crippen LogP contribution in [0.1, 0.15) is 25.1 Å². The number of imidazole rings is 1. The summed E-state index contributed by atoms with van der Waals surface area (Å²) in [6, 6.07) is 4.00. The number of aryl methyl sites for hydroxylation is 1. The summed E-state index contributed by atoms with van der Waals surface area (Å²) < 4.78 is 12.9. The van der Waals surface area contributed by atoms with Gasteiger partial charge in [0.15, 0.2) is 5.65 Å². The minimum atomic E-state index is 0.666. The third-order valence-corrected chi connectivity index (χ3v) is 4.11. The fourth-order valence-corrected chi connectivity index (χ4v) is 2.95. The molecule has 0 unspecified atom stereocenters. The fraction of sp³-hybridized carbons (Fsp3) is 0.625. The molecule has 21 heavy (non-hydrogen) atoms. The van der Waals surface area contributed by atoms with Gasteiger partial charge in [-0.15, -0.1) is 0 Å². The van der Waals surface area contributed by atoms with E-state index in [1.54, 1.807) is 7.11 Å². The molecule has 0 spiro atoms. The topological polar surface area (TPSA) is 49.2 Å². The van der Waals surface area contributed by atoms with Crippen LogP contribution >= 0.6 is 0 Å². The van der Waals surface area contributed by atoms with Gasteiger partial charge in [0.2, 0.25) is 0 Å². The van der Waals surface area contributed by atoms with Crippen molar-refractivity contribution < 1.29 is 9.47 Å². The Labute approximate surface area is 125 Å². The minimum absolute atomic E-state index is 0.666. The van der Waals surface area contributed by atoms with Crippen LogP contribution in [0.15, 0.2) is 18.3 Å². The minimum Gasteiger partial charge on any atom is -0.385 e. The SMILES string of the molecule is COCCCc1nc2cccnc2n1CC1CCOCC1. The maximum absolute atomic E-state index is 5.46. The van der Waals surface area contributed by atoms with Gasteiger partial charge < -0.3 is 14.0 Å². The highest BCUT2D eigenvalue weighted by molar-refractivity contribution is 5.71. The number of pyridine rings is 1. The predicted octanol–water partition coefficient (Wildman–Crippen LogP) is 2.44. The summed E-state index contributed by atoms with van der Waals surface area (Å²) in [7, 11) is 1.74. The molecule has 2 aromatic heterocycles. The van der Waals surface area contributed by atoms with Crippen LogP contribution in [0.25, 0.3) is 11.2 Å². The number of rotatable bonds is 6. The van der Waals surface area contributed by atoms with Crippen molar-refractivity contribution in [3.8, 4) is 0 Å². The maximum Gasteiger partial charge on any atom is 0.159 e. The third-order valence-electron chi connectivity index (χ3n) is 4.11. The first-order valence-corrected chi connectivity index (χ1v) is 7.75. The number of fused-ring (bicyclic) bond motifs is 1. The molecule has 3 rings (SSSR count). The van der Waals surface area contributed by atoms with Crippen LogP contribution in [0.5, 0.6) is 0 Å². The Morgan fingerprint density at radius 2 is 2.24 bits per heavy atom. The summed E-state index contributed by atoms with van der Waals surface area (Å²) in [6.07, 6.45) is 6.04. The van der Waals surface area contributed by atoms with Crippen LogP contribution in [0.3, 0.4) is 0 Å². The Bertz CT molecular complexity index is 576. The zero-order chi connectivity index (χ0) is 14.5. The van der Waals surface area contributed by atoms with E-state index in [9.17, 15) is 0 Å². The van der Waals surface area contributed by atoms with E-state index in [2.05, 4.69) is 9.55 Å². The smallest absolute Gasteiger partial charge is 0.159 e. The number of hydrogen-bond acceptors (Lipinski definition) is 4. The van der Waals surface area contributed by atoms with Crippen LogP contribution in [0.4, 0.5) is 0 Å². The quantitative estimate of drug-likeness (QED) is 0.766. The number of nitrogens with zero attached hydrogens (tertiary/aromatic N) is 3. The molecule has 114 valence electrons. The van der Waals surface area contributed by atoms with Gasteiger partial charge in [0, 0.05) is 46.1 Å². The zero-order valence-electron chi connectivity index (χ0n) is 12.6. The van der Waals surface area contributed by atoms with Crippen molar-refractivity contribution in [2.45, 2.75) is 32.2 Å². The Hall–Kier alpha value is -1.46. The molecule has 0 amide bonds. The van der Waals surface area contributed by atoms with Crippen molar-refractivity contribution in [2.24, 2.45) is 5.92 Å². The lowest BCUT2D eigenvalue weighted by molar-refractivity contribution is 0.0613. The molecule has 0 atom stereocenters. The second-order valence-electron chi connectivity index (χ2n) is 5.64. The normalized spacial score (nSPS) is 16.6. The number of ether oxygens (including phenoxy) is 2. The van der Waals surface area contributed by atoms with E-state index < -0.39 is 0 Å². The van der Waals surface area contributed by atoms with Crippen molar-refractivity contribution >= 4 is 11.2 Å². The Balaban J connectivity index is 1.83. The Morgan fingerprint density at radius 3 is 3.05 bits per heavy atom. The zero-order valence-corrected chi connectivity index (χ0v) is 12.6.